The van der Waals surface area contributed by atoms with Crippen LogP contribution in [0.15, 0.2) is 0 Å². The molecule has 2 amide bonds. The zero-order chi connectivity index (χ0) is 20.3. The molecule has 0 radical (unpaired) electrons. The van der Waals surface area contributed by atoms with Gasteiger partial charge in [-0.05, 0) is 12.8 Å². The Morgan fingerprint density at radius 1 is 1.00 bits per heavy atom. The second-order valence-electron chi connectivity index (χ2n) is 6.04. The minimum atomic E-state index is -1.38. The summed E-state index contributed by atoms with van der Waals surface area (Å²) in [7, 11) is 1.10. The summed E-state index contributed by atoms with van der Waals surface area (Å²) in [4.78, 5) is 47.2. The van der Waals surface area contributed by atoms with Gasteiger partial charge in [-0.15, -0.1) is 0 Å². The first-order valence-corrected chi connectivity index (χ1v) is 8.23. The molecular formula is C16H27F2N3O5. The van der Waals surface area contributed by atoms with Crippen molar-refractivity contribution in [2.24, 2.45) is 5.92 Å². The van der Waals surface area contributed by atoms with E-state index in [1.807, 2.05) is 0 Å². The number of rotatable bonds is 12. The third kappa shape index (κ3) is 8.32. The summed E-state index contributed by atoms with van der Waals surface area (Å²) in [5, 5.41) is 7.40. The molecule has 0 aliphatic heterocycles. The van der Waals surface area contributed by atoms with Crippen molar-refractivity contribution in [1.29, 1.82) is 0 Å². The van der Waals surface area contributed by atoms with Gasteiger partial charge in [0.05, 0.1) is 19.6 Å². The van der Waals surface area contributed by atoms with E-state index in [0.717, 1.165) is 7.11 Å². The number of Topliss-reactive ketones (excluding diaryl/α,β-unsaturated/α-hetero) is 1. The highest BCUT2D eigenvalue weighted by Crippen LogP contribution is 2.03. The summed E-state index contributed by atoms with van der Waals surface area (Å²) < 4.78 is 29.3. The molecule has 0 rings (SSSR count). The summed E-state index contributed by atoms with van der Waals surface area (Å²) in [6.07, 6.45) is -0.516. The summed E-state index contributed by atoms with van der Waals surface area (Å²) >= 11 is 0. The van der Waals surface area contributed by atoms with Crippen LogP contribution >= 0.6 is 0 Å². The fraction of sp³-hybridized carbons (Fsp3) is 0.750. The average molecular weight is 379 g/mol. The van der Waals surface area contributed by atoms with Crippen molar-refractivity contribution in [3.63, 3.8) is 0 Å². The van der Waals surface area contributed by atoms with Crippen molar-refractivity contribution >= 4 is 23.6 Å². The third-order valence-corrected chi connectivity index (χ3v) is 3.60. The largest absolute Gasteiger partial charge is 0.469 e. The topological polar surface area (TPSA) is 114 Å². The Morgan fingerprint density at radius 2 is 1.62 bits per heavy atom. The van der Waals surface area contributed by atoms with E-state index >= 15 is 0 Å². The molecule has 3 atom stereocenters. The van der Waals surface area contributed by atoms with Crippen molar-refractivity contribution < 1.29 is 32.7 Å². The van der Waals surface area contributed by atoms with Gasteiger partial charge in [-0.2, -0.15) is 0 Å². The minimum Gasteiger partial charge on any atom is -0.469 e. The fourth-order valence-corrected chi connectivity index (χ4v) is 2.10. The summed E-state index contributed by atoms with van der Waals surface area (Å²) in [6.45, 7) is 2.87. The fourth-order valence-electron chi connectivity index (χ4n) is 2.10. The van der Waals surface area contributed by atoms with Crippen LogP contribution in [0.2, 0.25) is 0 Å². The summed E-state index contributed by atoms with van der Waals surface area (Å²) in [5.74, 6) is -3.20. The molecule has 150 valence electrons. The Kier molecular flexibility index (Phi) is 11.3. The van der Waals surface area contributed by atoms with Crippen LogP contribution in [-0.2, 0) is 23.9 Å². The van der Waals surface area contributed by atoms with E-state index in [-0.39, 0.29) is 12.5 Å². The van der Waals surface area contributed by atoms with Gasteiger partial charge in [-0.3, -0.25) is 19.2 Å². The first kappa shape index (κ1) is 23.9. The molecule has 26 heavy (non-hydrogen) atoms. The maximum absolute atomic E-state index is 12.6. The zero-order valence-electron chi connectivity index (χ0n) is 15.4. The lowest BCUT2D eigenvalue weighted by molar-refractivity contribution is -0.143. The van der Waals surface area contributed by atoms with Crippen molar-refractivity contribution in [3.05, 3.63) is 0 Å². The Balaban J connectivity index is 4.87. The van der Waals surface area contributed by atoms with Gasteiger partial charge in [0.25, 0.3) is 0 Å². The molecule has 10 heteroatoms. The van der Waals surface area contributed by atoms with Crippen molar-refractivity contribution in [1.82, 2.24) is 16.0 Å². The molecule has 0 fully saturated rings. The van der Waals surface area contributed by atoms with Crippen LogP contribution in [-0.4, -0.2) is 68.7 Å². The van der Waals surface area contributed by atoms with E-state index < -0.39 is 61.5 Å². The second kappa shape index (κ2) is 12.3. The molecule has 8 nitrogen and oxygen atoms in total. The molecular weight excluding hydrogens is 352 g/mol. The molecule has 0 heterocycles. The van der Waals surface area contributed by atoms with Gasteiger partial charge in [0.1, 0.15) is 25.4 Å². The van der Waals surface area contributed by atoms with Gasteiger partial charge >= 0.3 is 5.97 Å². The third-order valence-electron chi connectivity index (χ3n) is 3.60. The number of methoxy groups -OCH3 is 1. The second-order valence-corrected chi connectivity index (χ2v) is 6.04. The number of ether oxygens (including phenoxy) is 1. The zero-order valence-corrected chi connectivity index (χ0v) is 15.4. The number of hydrogen-bond donors (Lipinski definition) is 3. The van der Waals surface area contributed by atoms with Crippen molar-refractivity contribution in [2.75, 3.05) is 27.0 Å². The normalized spacial score (nSPS) is 14.3. The van der Waals surface area contributed by atoms with E-state index in [1.54, 1.807) is 13.8 Å². The van der Waals surface area contributed by atoms with Crippen LogP contribution < -0.4 is 16.0 Å². The molecule has 3 unspecified atom stereocenters. The predicted octanol–water partition coefficient (Wildman–Crippen LogP) is -0.339. The molecule has 0 aliphatic carbocycles. The van der Waals surface area contributed by atoms with Crippen LogP contribution in [0.5, 0.6) is 0 Å². The first-order valence-electron chi connectivity index (χ1n) is 8.23. The number of carbonyl (C=O) groups excluding carboxylic acids is 4. The first-order chi connectivity index (χ1) is 12.2. The Hall–Kier alpha value is -2.10. The van der Waals surface area contributed by atoms with E-state index in [1.165, 1.54) is 6.92 Å². The van der Waals surface area contributed by atoms with E-state index in [2.05, 4.69) is 20.7 Å². The van der Waals surface area contributed by atoms with Crippen LogP contribution in [0.3, 0.4) is 0 Å². The smallest absolute Gasteiger partial charge is 0.308 e. The van der Waals surface area contributed by atoms with Gasteiger partial charge in [-0.1, -0.05) is 13.8 Å². The molecule has 0 saturated carbocycles. The highest BCUT2D eigenvalue weighted by molar-refractivity contribution is 5.95. The lowest BCUT2D eigenvalue weighted by Gasteiger charge is -2.24. The number of carbonyl (C=O) groups is 4. The van der Waals surface area contributed by atoms with Crippen LogP contribution in [0.4, 0.5) is 8.78 Å². The number of ketones is 1. The van der Waals surface area contributed by atoms with E-state index in [0.29, 0.717) is 0 Å². The molecule has 0 aliphatic rings. The highest BCUT2D eigenvalue weighted by atomic mass is 19.1. The quantitative estimate of drug-likeness (QED) is 0.400. The molecule has 3 N–H and O–H groups in total. The minimum absolute atomic E-state index is 0.0109. The Morgan fingerprint density at radius 3 is 2.08 bits per heavy atom. The molecule has 0 saturated heterocycles. The number of nitrogens with one attached hydrogen (secondary N) is 3. The van der Waals surface area contributed by atoms with Gasteiger partial charge < -0.3 is 20.7 Å². The van der Waals surface area contributed by atoms with Gasteiger partial charge in [0.15, 0.2) is 5.78 Å². The summed E-state index contributed by atoms with van der Waals surface area (Å²) in [5.41, 5.74) is 0. The lowest BCUT2D eigenvalue weighted by Crippen LogP contribution is -2.55. The van der Waals surface area contributed by atoms with Crippen molar-refractivity contribution in [2.45, 2.75) is 45.3 Å². The number of alkyl halides is 2. The van der Waals surface area contributed by atoms with E-state index in [9.17, 15) is 28.0 Å². The summed E-state index contributed by atoms with van der Waals surface area (Å²) in [6, 6.07) is -3.15. The number of halogens is 2. The molecule has 0 aromatic carbocycles. The molecule has 0 bridgehead atoms. The Bertz CT molecular complexity index is 502. The number of esters is 1. The Labute approximate surface area is 151 Å². The maximum atomic E-state index is 12.6. The van der Waals surface area contributed by atoms with Crippen LogP contribution in [0.25, 0.3) is 0 Å². The van der Waals surface area contributed by atoms with Gasteiger partial charge in [-0.25, -0.2) is 8.78 Å². The predicted molar refractivity (Wildman–Crippen MR) is 89.8 cm³/mol. The number of hydrogen-bond acceptors (Lipinski definition) is 6. The average Bonchev–Trinajstić information content (AvgIpc) is 2.59. The standard InChI is InChI=1S/C16H27F2N3O5/c1-9(2)14(19-6-5-17)16(25)20-10(3)15(24)21-11(12(22)8-18)7-13(23)26-4/h9-11,14,19H,5-8H2,1-4H3,(H,20,25)(H,21,24). The SMILES string of the molecule is COC(=O)CC(NC(=O)C(C)NC(=O)C(NCCF)C(C)C)C(=O)CF. The maximum Gasteiger partial charge on any atom is 0.308 e. The van der Waals surface area contributed by atoms with Crippen LogP contribution in [0, 0.1) is 5.92 Å². The van der Waals surface area contributed by atoms with Gasteiger partial charge in [0.2, 0.25) is 11.8 Å². The van der Waals surface area contributed by atoms with E-state index in [4.69, 9.17) is 0 Å². The molecule has 0 spiro atoms. The van der Waals surface area contributed by atoms with Gasteiger partial charge in [0, 0.05) is 6.54 Å². The monoisotopic (exact) mass is 379 g/mol. The molecule has 0 aromatic rings. The van der Waals surface area contributed by atoms with Crippen molar-refractivity contribution in [3.8, 4) is 0 Å². The highest BCUT2D eigenvalue weighted by Gasteiger charge is 2.28. The lowest BCUT2D eigenvalue weighted by atomic mass is 10.0. The molecule has 0 aromatic heterocycles. The number of amides is 2. The van der Waals surface area contributed by atoms with Crippen LogP contribution in [0.1, 0.15) is 27.2 Å².